The molecule has 0 amide bonds. The first kappa shape index (κ1) is 11.1. The summed E-state index contributed by atoms with van der Waals surface area (Å²) in [6, 6.07) is 8.53. The van der Waals surface area contributed by atoms with E-state index < -0.39 is 17.7 Å². The second-order valence-corrected chi connectivity index (χ2v) is 4.05. The lowest BCUT2D eigenvalue weighted by Gasteiger charge is -2.20. The van der Waals surface area contributed by atoms with Crippen LogP contribution in [0.25, 0.3) is 0 Å². The number of rotatable bonds is 2. The zero-order chi connectivity index (χ0) is 11.6. The molecular weight excluding hydrogens is 211 g/mol. The normalized spacial score (nSPS) is 29.0. The molecule has 1 aromatic carbocycles. The van der Waals surface area contributed by atoms with E-state index in [1.165, 1.54) is 6.92 Å². The van der Waals surface area contributed by atoms with Crippen molar-refractivity contribution in [3.05, 3.63) is 35.9 Å². The summed E-state index contributed by atoms with van der Waals surface area (Å²) in [5.74, 6) is -0.514. The lowest BCUT2D eigenvalue weighted by atomic mass is 10.1. The van der Waals surface area contributed by atoms with Crippen LogP contribution in [-0.4, -0.2) is 31.0 Å². The molecule has 1 heterocycles. The fraction of sp³-hybridized carbons (Fsp3) is 0.417. The number of esters is 1. The number of carbonyl (C=O) groups excluding carboxylic acids is 1. The Kier molecular flexibility index (Phi) is 2.92. The average molecular weight is 224 g/mol. The van der Waals surface area contributed by atoms with Gasteiger partial charge < -0.3 is 9.47 Å². The van der Waals surface area contributed by atoms with E-state index >= 15 is 0 Å². The highest BCUT2D eigenvalue weighted by molar-refractivity contribution is 5.89. The molecule has 0 aromatic heterocycles. The Morgan fingerprint density at radius 1 is 1.50 bits per heavy atom. The van der Waals surface area contributed by atoms with Gasteiger partial charge in [0.1, 0.15) is 0 Å². The van der Waals surface area contributed by atoms with E-state index in [0.717, 1.165) is 0 Å². The SMILES string of the molecule is CC1(F)COCC1OC(=O)c1ccccc1. The van der Waals surface area contributed by atoms with Crippen molar-refractivity contribution in [3.63, 3.8) is 0 Å². The summed E-state index contributed by atoms with van der Waals surface area (Å²) in [4.78, 5) is 11.6. The van der Waals surface area contributed by atoms with E-state index in [1.54, 1.807) is 30.3 Å². The van der Waals surface area contributed by atoms with Crippen LogP contribution >= 0.6 is 0 Å². The quantitative estimate of drug-likeness (QED) is 0.720. The van der Waals surface area contributed by atoms with Gasteiger partial charge in [-0.1, -0.05) is 18.2 Å². The summed E-state index contributed by atoms with van der Waals surface area (Å²) in [5, 5.41) is 0. The minimum atomic E-state index is -1.59. The Bertz CT molecular complexity index is 375. The van der Waals surface area contributed by atoms with Crippen LogP contribution in [0, 0.1) is 0 Å². The van der Waals surface area contributed by atoms with Crippen molar-refractivity contribution in [2.75, 3.05) is 13.2 Å². The minimum absolute atomic E-state index is 0.0280. The Hall–Kier alpha value is -1.42. The second kappa shape index (κ2) is 4.22. The summed E-state index contributed by atoms with van der Waals surface area (Å²) in [7, 11) is 0. The number of alkyl halides is 1. The van der Waals surface area contributed by atoms with Gasteiger partial charge in [-0.3, -0.25) is 0 Å². The van der Waals surface area contributed by atoms with Crippen LogP contribution in [-0.2, 0) is 9.47 Å². The fourth-order valence-corrected chi connectivity index (χ4v) is 1.56. The van der Waals surface area contributed by atoms with Crippen LogP contribution in [0.15, 0.2) is 30.3 Å². The molecule has 86 valence electrons. The number of ether oxygens (including phenoxy) is 2. The van der Waals surface area contributed by atoms with Gasteiger partial charge in [-0.05, 0) is 19.1 Å². The zero-order valence-electron chi connectivity index (χ0n) is 8.98. The average Bonchev–Trinajstić information content (AvgIpc) is 2.59. The van der Waals surface area contributed by atoms with E-state index in [2.05, 4.69) is 0 Å². The second-order valence-electron chi connectivity index (χ2n) is 4.05. The monoisotopic (exact) mass is 224 g/mol. The molecule has 3 nitrogen and oxygen atoms in total. The Morgan fingerprint density at radius 2 is 2.19 bits per heavy atom. The van der Waals surface area contributed by atoms with Crippen molar-refractivity contribution in [1.82, 2.24) is 0 Å². The van der Waals surface area contributed by atoms with Crippen molar-refractivity contribution in [1.29, 1.82) is 0 Å². The first-order valence-electron chi connectivity index (χ1n) is 5.12. The van der Waals surface area contributed by atoms with Crippen molar-refractivity contribution in [3.8, 4) is 0 Å². The predicted octanol–water partition coefficient (Wildman–Crippen LogP) is 1.97. The van der Waals surface area contributed by atoms with Crippen molar-refractivity contribution in [2.24, 2.45) is 0 Å². The van der Waals surface area contributed by atoms with Gasteiger partial charge in [0.15, 0.2) is 11.8 Å². The minimum Gasteiger partial charge on any atom is -0.453 e. The molecular formula is C12H13FO3. The zero-order valence-corrected chi connectivity index (χ0v) is 8.98. The number of halogens is 1. The third kappa shape index (κ3) is 2.22. The molecule has 1 aliphatic heterocycles. The van der Waals surface area contributed by atoms with Crippen LogP contribution in [0.1, 0.15) is 17.3 Å². The fourth-order valence-electron chi connectivity index (χ4n) is 1.56. The molecule has 0 spiro atoms. The topological polar surface area (TPSA) is 35.5 Å². The molecule has 0 saturated carbocycles. The molecule has 0 radical (unpaired) electrons. The van der Waals surface area contributed by atoms with E-state index in [1.807, 2.05) is 0 Å². The molecule has 1 aromatic rings. The van der Waals surface area contributed by atoms with Gasteiger partial charge in [0, 0.05) is 0 Å². The van der Waals surface area contributed by atoms with Gasteiger partial charge in [0.05, 0.1) is 18.8 Å². The maximum atomic E-state index is 13.7. The molecule has 0 bridgehead atoms. The smallest absolute Gasteiger partial charge is 0.338 e. The third-order valence-electron chi connectivity index (χ3n) is 2.58. The summed E-state index contributed by atoms with van der Waals surface area (Å²) in [5.41, 5.74) is -1.17. The third-order valence-corrected chi connectivity index (χ3v) is 2.58. The van der Waals surface area contributed by atoms with Gasteiger partial charge in [-0.2, -0.15) is 0 Å². The van der Waals surface area contributed by atoms with Crippen LogP contribution in [0.5, 0.6) is 0 Å². The predicted molar refractivity (Wildman–Crippen MR) is 56.0 cm³/mol. The van der Waals surface area contributed by atoms with Crippen molar-refractivity contribution >= 4 is 5.97 Å². The Labute approximate surface area is 93.2 Å². The van der Waals surface area contributed by atoms with E-state index in [4.69, 9.17) is 9.47 Å². The molecule has 1 saturated heterocycles. The lowest BCUT2D eigenvalue weighted by Crippen LogP contribution is -2.37. The van der Waals surface area contributed by atoms with E-state index in [0.29, 0.717) is 5.56 Å². The highest BCUT2D eigenvalue weighted by atomic mass is 19.1. The maximum absolute atomic E-state index is 13.7. The Balaban J connectivity index is 2.03. The van der Waals surface area contributed by atoms with Crippen molar-refractivity contribution in [2.45, 2.75) is 18.7 Å². The van der Waals surface area contributed by atoms with Crippen LogP contribution in [0.4, 0.5) is 4.39 Å². The number of hydrogen-bond donors (Lipinski definition) is 0. The molecule has 0 N–H and O–H groups in total. The first-order valence-corrected chi connectivity index (χ1v) is 5.12. The molecule has 4 heteroatoms. The highest BCUT2D eigenvalue weighted by Gasteiger charge is 2.43. The molecule has 2 atom stereocenters. The molecule has 2 unspecified atom stereocenters. The Morgan fingerprint density at radius 3 is 2.75 bits per heavy atom. The highest BCUT2D eigenvalue weighted by Crippen LogP contribution is 2.26. The van der Waals surface area contributed by atoms with Gasteiger partial charge in [0.2, 0.25) is 0 Å². The van der Waals surface area contributed by atoms with Gasteiger partial charge >= 0.3 is 5.97 Å². The van der Waals surface area contributed by atoms with E-state index in [-0.39, 0.29) is 13.2 Å². The first-order chi connectivity index (χ1) is 7.59. The number of carbonyl (C=O) groups is 1. The van der Waals surface area contributed by atoms with Gasteiger partial charge in [-0.15, -0.1) is 0 Å². The standard InChI is InChI=1S/C12H13FO3/c1-12(13)8-15-7-10(12)16-11(14)9-5-3-2-4-6-9/h2-6,10H,7-8H2,1H3. The summed E-state index contributed by atoms with van der Waals surface area (Å²) in [6.07, 6.45) is -0.819. The molecule has 1 aliphatic rings. The summed E-state index contributed by atoms with van der Waals surface area (Å²) >= 11 is 0. The van der Waals surface area contributed by atoms with Crippen LogP contribution in [0.3, 0.4) is 0 Å². The van der Waals surface area contributed by atoms with Gasteiger partial charge in [-0.25, -0.2) is 9.18 Å². The molecule has 2 rings (SSSR count). The van der Waals surface area contributed by atoms with Crippen LogP contribution < -0.4 is 0 Å². The maximum Gasteiger partial charge on any atom is 0.338 e. The molecule has 1 fully saturated rings. The lowest BCUT2D eigenvalue weighted by molar-refractivity contribution is -0.00598. The summed E-state index contributed by atoms with van der Waals surface area (Å²) < 4.78 is 23.8. The molecule has 0 aliphatic carbocycles. The van der Waals surface area contributed by atoms with E-state index in [9.17, 15) is 9.18 Å². The largest absolute Gasteiger partial charge is 0.453 e. The van der Waals surface area contributed by atoms with Crippen molar-refractivity contribution < 1.29 is 18.7 Å². The number of hydrogen-bond acceptors (Lipinski definition) is 3. The summed E-state index contributed by atoms with van der Waals surface area (Å²) in [6.45, 7) is 1.47. The molecule has 16 heavy (non-hydrogen) atoms. The number of benzene rings is 1. The van der Waals surface area contributed by atoms with Gasteiger partial charge in [0.25, 0.3) is 0 Å². The van der Waals surface area contributed by atoms with Crippen LogP contribution in [0.2, 0.25) is 0 Å².